The third kappa shape index (κ3) is 51.6. The van der Waals surface area contributed by atoms with E-state index in [1.165, 1.54) is 231 Å². The fraction of sp³-hybridized carbons (Fsp3) is 0.898. The average Bonchev–Trinajstić information content (AvgIpc) is 3.31. The molecule has 65 heavy (non-hydrogen) atoms. The Morgan fingerprint density at radius 1 is 0.431 bits per heavy atom. The van der Waals surface area contributed by atoms with Gasteiger partial charge in [-0.25, -0.2) is 0 Å². The summed E-state index contributed by atoms with van der Waals surface area (Å²) in [4.78, 5) is 24.4. The van der Waals surface area contributed by atoms with E-state index < -0.39 is 12.1 Å². The van der Waals surface area contributed by atoms with Gasteiger partial charge in [0.15, 0.2) is 0 Å². The third-order valence-corrected chi connectivity index (χ3v) is 13.5. The van der Waals surface area contributed by atoms with Gasteiger partial charge in [0.1, 0.15) is 0 Å². The lowest BCUT2D eigenvalue weighted by Gasteiger charge is -2.22. The second kappa shape index (κ2) is 54.9. The maximum atomic E-state index is 12.4. The van der Waals surface area contributed by atoms with Crippen LogP contribution in [-0.2, 0) is 14.3 Å². The average molecular weight is 917 g/mol. The summed E-state index contributed by atoms with van der Waals surface area (Å²) >= 11 is 0. The number of carbonyl (C=O) groups is 2. The number of nitrogens with one attached hydrogen (secondary N) is 1. The topological polar surface area (TPSA) is 95.9 Å². The van der Waals surface area contributed by atoms with Crippen molar-refractivity contribution in [2.45, 2.75) is 328 Å². The van der Waals surface area contributed by atoms with Crippen molar-refractivity contribution in [1.29, 1.82) is 0 Å². The minimum Gasteiger partial charge on any atom is -0.465 e. The second-order valence-corrected chi connectivity index (χ2v) is 20.0. The van der Waals surface area contributed by atoms with Crippen molar-refractivity contribution in [3.63, 3.8) is 0 Å². The van der Waals surface area contributed by atoms with Gasteiger partial charge in [0.2, 0.25) is 5.91 Å². The Bertz CT molecular complexity index is 1010. The van der Waals surface area contributed by atoms with Crippen LogP contribution < -0.4 is 5.32 Å². The fourth-order valence-electron chi connectivity index (χ4n) is 9.07. The van der Waals surface area contributed by atoms with Crippen molar-refractivity contribution in [2.75, 3.05) is 13.2 Å². The molecule has 6 heteroatoms. The maximum Gasteiger partial charge on any atom is 0.305 e. The Morgan fingerprint density at radius 2 is 0.769 bits per heavy atom. The molecule has 0 fully saturated rings. The number of aliphatic hydroxyl groups excluding tert-OH is 2. The van der Waals surface area contributed by atoms with Gasteiger partial charge in [-0.05, 0) is 44.9 Å². The minimum absolute atomic E-state index is 0.0308. The van der Waals surface area contributed by atoms with E-state index >= 15 is 0 Å². The number of hydrogen-bond acceptors (Lipinski definition) is 5. The van der Waals surface area contributed by atoms with E-state index in [0.29, 0.717) is 25.9 Å². The van der Waals surface area contributed by atoms with Crippen molar-refractivity contribution in [3.8, 4) is 0 Å². The van der Waals surface area contributed by atoms with Crippen LogP contribution in [0.2, 0.25) is 0 Å². The summed E-state index contributed by atoms with van der Waals surface area (Å²) in [5.41, 5.74) is 0. The van der Waals surface area contributed by atoms with Crippen molar-refractivity contribution in [1.82, 2.24) is 5.32 Å². The van der Waals surface area contributed by atoms with E-state index in [4.69, 9.17) is 4.74 Å². The van der Waals surface area contributed by atoms with E-state index in [2.05, 4.69) is 43.5 Å². The van der Waals surface area contributed by atoms with Gasteiger partial charge in [0.05, 0.1) is 25.4 Å². The zero-order chi connectivity index (χ0) is 47.2. The van der Waals surface area contributed by atoms with Crippen LogP contribution in [0, 0.1) is 0 Å². The van der Waals surface area contributed by atoms with Crippen LogP contribution in [0.3, 0.4) is 0 Å². The molecule has 384 valence electrons. The molecule has 0 aromatic carbocycles. The second-order valence-electron chi connectivity index (χ2n) is 20.0. The van der Waals surface area contributed by atoms with Gasteiger partial charge in [-0.1, -0.05) is 282 Å². The highest BCUT2D eigenvalue weighted by Gasteiger charge is 2.20. The van der Waals surface area contributed by atoms with Crippen LogP contribution in [0.4, 0.5) is 0 Å². The van der Waals surface area contributed by atoms with Gasteiger partial charge in [0, 0.05) is 12.8 Å². The van der Waals surface area contributed by atoms with Gasteiger partial charge in [0.25, 0.3) is 0 Å². The summed E-state index contributed by atoms with van der Waals surface area (Å²) < 4.78 is 5.43. The van der Waals surface area contributed by atoms with Crippen molar-refractivity contribution in [3.05, 3.63) is 24.3 Å². The smallest absolute Gasteiger partial charge is 0.305 e. The summed E-state index contributed by atoms with van der Waals surface area (Å²) in [6.07, 6.45) is 66.3. The molecule has 0 rings (SSSR count). The van der Waals surface area contributed by atoms with E-state index in [0.717, 1.165) is 51.4 Å². The number of ether oxygens (including phenoxy) is 1. The predicted octanol–water partition coefficient (Wildman–Crippen LogP) is 17.9. The van der Waals surface area contributed by atoms with Crippen LogP contribution >= 0.6 is 0 Å². The first-order valence-electron chi connectivity index (χ1n) is 29.1. The highest BCUT2D eigenvalue weighted by atomic mass is 16.5. The van der Waals surface area contributed by atoms with E-state index in [1.807, 2.05) is 0 Å². The van der Waals surface area contributed by atoms with E-state index in [9.17, 15) is 19.8 Å². The molecule has 2 atom stereocenters. The van der Waals surface area contributed by atoms with Gasteiger partial charge in [-0.15, -0.1) is 0 Å². The Balaban J connectivity index is 3.41. The molecule has 0 aromatic rings. The van der Waals surface area contributed by atoms with Crippen LogP contribution in [0.15, 0.2) is 24.3 Å². The molecule has 2 unspecified atom stereocenters. The molecular weight excluding hydrogens is 803 g/mol. The Labute approximate surface area is 405 Å². The number of amides is 1. The summed E-state index contributed by atoms with van der Waals surface area (Å²) in [6.45, 7) is 4.84. The normalized spacial score (nSPS) is 12.7. The number of rotatable bonds is 54. The number of carbonyl (C=O) groups excluding carboxylic acids is 2. The molecule has 0 aliphatic heterocycles. The van der Waals surface area contributed by atoms with Crippen molar-refractivity contribution in [2.24, 2.45) is 0 Å². The minimum atomic E-state index is -0.665. The highest BCUT2D eigenvalue weighted by molar-refractivity contribution is 5.76. The third-order valence-electron chi connectivity index (χ3n) is 13.5. The predicted molar refractivity (Wildman–Crippen MR) is 283 cm³/mol. The Kier molecular flexibility index (Phi) is 53.5. The SMILES string of the molecule is CCCCCCCCCCCCCCCCCCCCC(=O)OCC/C=C\C/C=C\CCCCCCCCCCCCCCCCC(=O)NC(CO)C(O)CCCCCCCCCCC. The fourth-order valence-corrected chi connectivity index (χ4v) is 9.07. The standard InChI is InChI=1S/C59H113NO5/c1-3-5-7-9-11-13-14-15-16-17-24-27-30-33-37-41-45-49-53-59(64)65-54-50-46-42-38-34-31-28-25-22-20-18-19-21-23-26-29-32-36-40-44-48-52-58(63)60-56(55-61)57(62)51-47-43-39-35-12-10-8-6-4-2/h31,34,42,46,56-57,61-62H,3-30,32-33,35-41,43-45,47-55H2,1-2H3,(H,60,63)/b34-31-,46-42-. The zero-order valence-corrected chi connectivity index (χ0v) is 43.7. The first kappa shape index (κ1) is 63.3. The summed E-state index contributed by atoms with van der Waals surface area (Å²) in [7, 11) is 0. The van der Waals surface area contributed by atoms with Gasteiger partial charge in [-0.2, -0.15) is 0 Å². The molecular formula is C59H113NO5. The summed E-state index contributed by atoms with van der Waals surface area (Å²) in [5.74, 6) is -0.0725. The van der Waals surface area contributed by atoms with Crippen LogP contribution in [0.5, 0.6) is 0 Å². The Hall–Kier alpha value is -1.66. The molecule has 0 heterocycles. The molecule has 0 spiro atoms. The molecule has 0 aliphatic carbocycles. The molecule has 0 saturated heterocycles. The lowest BCUT2D eigenvalue weighted by Crippen LogP contribution is -2.45. The lowest BCUT2D eigenvalue weighted by molar-refractivity contribution is -0.143. The molecule has 6 nitrogen and oxygen atoms in total. The van der Waals surface area contributed by atoms with E-state index in [1.54, 1.807) is 0 Å². The number of hydrogen-bond donors (Lipinski definition) is 3. The largest absolute Gasteiger partial charge is 0.465 e. The molecule has 0 aliphatic rings. The number of unbranched alkanes of at least 4 members (excludes halogenated alkanes) is 39. The van der Waals surface area contributed by atoms with Gasteiger partial charge < -0.3 is 20.3 Å². The monoisotopic (exact) mass is 916 g/mol. The molecule has 0 aromatic heterocycles. The first-order valence-corrected chi connectivity index (χ1v) is 29.1. The molecule has 0 bridgehead atoms. The van der Waals surface area contributed by atoms with Crippen LogP contribution in [-0.4, -0.2) is 47.4 Å². The van der Waals surface area contributed by atoms with Gasteiger partial charge >= 0.3 is 5.97 Å². The Morgan fingerprint density at radius 3 is 1.17 bits per heavy atom. The first-order chi connectivity index (χ1) is 32.0. The highest BCUT2D eigenvalue weighted by Crippen LogP contribution is 2.17. The molecule has 1 amide bonds. The maximum absolute atomic E-state index is 12.4. The number of aliphatic hydroxyl groups is 2. The lowest BCUT2D eigenvalue weighted by atomic mass is 10.0. The molecule has 0 saturated carbocycles. The van der Waals surface area contributed by atoms with Crippen molar-refractivity contribution >= 4 is 11.9 Å². The zero-order valence-electron chi connectivity index (χ0n) is 43.7. The summed E-state index contributed by atoms with van der Waals surface area (Å²) in [6, 6.07) is -0.543. The molecule has 3 N–H and O–H groups in total. The van der Waals surface area contributed by atoms with Crippen molar-refractivity contribution < 1.29 is 24.5 Å². The van der Waals surface area contributed by atoms with E-state index in [-0.39, 0.29) is 18.5 Å². The quantitative estimate of drug-likeness (QED) is 0.0321. The summed E-state index contributed by atoms with van der Waals surface area (Å²) in [5, 5.41) is 23.1. The van der Waals surface area contributed by atoms with Gasteiger partial charge in [-0.3, -0.25) is 9.59 Å². The number of esters is 1. The molecule has 0 radical (unpaired) electrons. The van der Waals surface area contributed by atoms with Crippen LogP contribution in [0.25, 0.3) is 0 Å². The van der Waals surface area contributed by atoms with Crippen LogP contribution in [0.1, 0.15) is 316 Å². The number of allylic oxidation sites excluding steroid dienone is 3.